The summed E-state index contributed by atoms with van der Waals surface area (Å²) in [5.74, 6) is 1.59. The van der Waals surface area contributed by atoms with Crippen molar-refractivity contribution < 1.29 is 14.3 Å². The highest BCUT2D eigenvalue weighted by Crippen LogP contribution is 2.30. The first-order valence-electron chi connectivity index (χ1n) is 8.98. The number of carbonyl (C=O) groups excluding carboxylic acids is 2. The lowest BCUT2D eigenvalue weighted by Crippen LogP contribution is -2.37. The molecule has 0 atom stereocenters. The standard InChI is InChI=1S/C19H26N2O3/c1-2-11-20(13-15-5-6-15)19(23)14-24-17-9-7-16(8-10-17)21-12-3-4-18(21)22/h7-10,15H,2-6,11-14H2,1H3. The van der Waals surface area contributed by atoms with Gasteiger partial charge in [0.25, 0.3) is 5.91 Å². The highest BCUT2D eigenvalue weighted by atomic mass is 16.5. The van der Waals surface area contributed by atoms with E-state index in [-0.39, 0.29) is 18.4 Å². The third-order valence-electron chi connectivity index (χ3n) is 4.61. The third-order valence-corrected chi connectivity index (χ3v) is 4.61. The van der Waals surface area contributed by atoms with E-state index in [9.17, 15) is 9.59 Å². The number of ether oxygens (including phenoxy) is 1. The van der Waals surface area contributed by atoms with Gasteiger partial charge in [0, 0.05) is 31.7 Å². The Hall–Kier alpha value is -2.04. The molecule has 24 heavy (non-hydrogen) atoms. The van der Waals surface area contributed by atoms with Gasteiger partial charge in [-0.2, -0.15) is 0 Å². The van der Waals surface area contributed by atoms with Crippen LogP contribution < -0.4 is 9.64 Å². The van der Waals surface area contributed by atoms with Crippen LogP contribution in [0, 0.1) is 5.92 Å². The quantitative estimate of drug-likeness (QED) is 0.736. The van der Waals surface area contributed by atoms with Crippen LogP contribution >= 0.6 is 0 Å². The lowest BCUT2D eigenvalue weighted by molar-refractivity contribution is -0.133. The molecule has 0 radical (unpaired) electrons. The summed E-state index contributed by atoms with van der Waals surface area (Å²) >= 11 is 0. The van der Waals surface area contributed by atoms with Crippen molar-refractivity contribution in [2.45, 2.75) is 39.0 Å². The summed E-state index contributed by atoms with van der Waals surface area (Å²) in [7, 11) is 0. The van der Waals surface area contributed by atoms with Crippen LogP contribution in [0.5, 0.6) is 5.75 Å². The smallest absolute Gasteiger partial charge is 0.260 e. The fourth-order valence-corrected chi connectivity index (χ4v) is 3.08. The molecule has 0 spiro atoms. The topological polar surface area (TPSA) is 49.9 Å². The van der Waals surface area contributed by atoms with Crippen molar-refractivity contribution in [3.63, 3.8) is 0 Å². The fourth-order valence-electron chi connectivity index (χ4n) is 3.08. The van der Waals surface area contributed by atoms with Crippen molar-refractivity contribution in [2.75, 3.05) is 31.1 Å². The van der Waals surface area contributed by atoms with Gasteiger partial charge < -0.3 is 14.5 Å². The molecular formula is C19H26N2O3. The highest BCUT2D eigenvalue weighted by Gasteiger charge is 2.26. The summed E-state index contributed by atoms with van der Waals surface area (Å²) in [5.41, 5.74) is 0.900. The fraction of sp³-hybridized carbons (Fsp3) is 0.579. The van der Waals surface area contributed by atoms with E-state index in [1.54, 1.807) is 4.90 Å². The first kappa shape index (κ1) is 16.8. The van der Waals surface area contributed by atoms with Crippen molar-refractivity contribution in [1.82, 2.24) is 4.90 Å². The number of nitrogens with zero attached hydrogens (tertiary/aromatic N) is 2. The second kappa shape index (κ2) is 7.69. The Morgan fingerprint density at radius 2 is 2.04 bits per heavy atom. The molecule has 3 rings (SSSR count). The van der Waals surface area contributed by atoms with Crippen LogP contribution in [-0.4, -0.2) is 43.0 Å². The summed E-state index contributed by atoms with van der Waals surface area (Å²) < 4.78 is 5.65. The van der Waals surface area contributed by atoms with Crippen LogP contribution in [0.1, 0.15) is 39.0 Å². The molecule has 2 fully saturated rings. The van der Waals surface area contributed by atoms with Crippen molar-refractivity contribution in [2.24, 2.45) is 5.92 Å². The molecular weight excluding hydrogens is 304 g/mol. The van der Waals surface area contributed by atoms with E-state index in [0.717, 1.165) is 38.2 Å². The lowest BCUT2D eigenvalue weighted by atomic mass is 10.3. The normalized spacial score (nSPS) is 17.2. The van der Waals surface area contributed by atoms with Gasteiger partial charge >= 0.3 is 0 Å². The maximum atomic E-state index is 12.3. The summed E-state index contributed by atoms with van der Waals surface area (Å²) in [6, 6.07) is 7.44. The lowest BCUT2D eigenvalue weighted by Gasteiger charge is -2.22. The molecule has 5 heteroatoms. The number of hydrogen-bond donors (Lipinski definition) is 0. The minimum atomic E-state index is 0.0579. The molecule has 0 N–H and O–H groups in total. The van der Waals surface area contributed by atoms with Crippen LogP contribution in [-0.2, 0) is 9.59 Å². The van der Waals surface area contributed by atoms with E-state index in [1.165, 1.54) is 12.8 Å². The van der Waals surface area contributed by atoms with E-state index >= 15 is 0 Å². The van der Waals surface area contributed by atoms with E-state index < -0.39 is 0 Å². The largest absolute Gasteiger partial charge is 0.484 e. The molecule has 0 aromatic heterocycles. The number of hydrogen-bond acceptors (Lipinski definition) is 3. The second-order valence-corrected chi connectivity index (χ2v) is 6.71. The zero-order valence-electron chi connectivity index (χ0n) is 14.4. The van der Waals surface area contributed by atoms with Crippen LogP contribution in [0.3, 0.4) is 0 Å². The maximum Gasteiger partial charge on any atom is 0.260 e. The third kappa shape index (κ3) is 4.28. The Morgan fingerprint density at radius 1 is 1.29 bits per heavy atom. The SMILES string of the molecule is CCCN(CC1CC1)C(=O)COc1ccc(N2CCCC2=O)cc1. The number of anilines is 1. The number of amides is 2. The zero-order chi connectivity index (χ0) is 16.9. The van der Waals surface area contributed by atoms with E-state index in [4.69, 9.17) is 4.74 Å². The summed E-state index contributed by atoms with van der Waals surface area (Å²) in [5, 5.41) is 0. The highest BCUT2D eigenvalue weighted by molar-refractivity contribution is 5.95. The van der Waals surface area contributed by atoms with Crippen molar-refractivity contribution in [1.29, 1.82) is 0 Å². The molecule has 1 saturated carbocycles. The molecule has 1 aliphatic carbocycles. The van der Waals surface area contributed by atoms with Gasteiger partial charge in [-0.1, -0.05) is 6.92 Å². The molecule has 5 nitrogen and oxygen atoms in total. The molecule has 1 aromatic rings. The predicted molar refractivity (Wildman–Crippen MR) is 93.1 cm³/mol. The van der Waals surface area contributed by atoms with Gasteiger partial charge in [0.15, 0.2) is 6.61 Å². The predicted octanol–water partition coefficient (Wildman–Crippen LogP) is 2.84. The van der Waals surface area contributed by atoms with Gasteiger partial charge in [-0.15, -0.1) is 0 Å². The summed E-state index contributed by atoms with van der Waals surface area (Å²) in [6.45, 7) is 4.62. The van der Waals surface area contributed by atoms with Gasteiger partial charge in [0.2, 0.25) is 5.91 Å². The van der Waals surface area contributed by atoms with Crippen LogP contribution in [0.2, 0.25) is 0 Å². The molecule has 130 valence electrons. The molecule has 0 unspecified atom stereocenters. The number of rotatable bonds is 8. The Bertz CT molecular complexity index is 581. The summed E-state index contributed by atoms with van der Waals surface area (Å²) in [4.78, 5) is 27.8. The summed E-state index contributed by atoms with van der Waals surface area (Å²) in [6.07, 6.45) is 4.99. The Balaban J connectivity index is 1.51. The molecule has 1 aliphatic heterocycles. The number of benzene rings is 1. The number of carbonyl (C=O) groups is 2. The van der Waals surface area contributed by atoms with Crippen molar-refractivity contribution >= 4 is 17.5 Å². The van der Waals surface area contributed by atoms with Crippen LogP contribution in [0.15, 0.2) is 24.3 Å². The Labute approximate surface area is 143 Å². The maximum absolute atomic E-state index is 12.3. The average Bonchev–Trinajstić information content (AvgIpc) is 3.31. The van der Waals surface area contributed by atoms with Gasteiger partial charge in [-0.3, -0.25) is 9.59 Å². The molecule has 1 saturated heterocycles. The molecule has 2 aliphatic rings. The van der Waals surface area contributed by atoms with Crippen LogP contribution in [0.25, 0.3) is 0 Å². The average molecular weight is 330 g/mol. The molecule has 1 heterocycles. The molecule has 2 amide bonds. The van der Waals surface area contributed by atoms with Gasteiger partial charge in [-0.25, -0.2) is 0 Å². The van der Waals surface area contributed by atoms with Gasteiger partial charge in [0.1, 0.15) is 5.75 Å². The van der Waals surface area contributed by atoms with Gasteiger partial charge in [-0.05, 0) is 55.9 Å². The molecule has 0 bridgehead atoms. The first-order valence-corrected chi connectivity index (χ1v) is 8.98. The van der Waals surface area contributed by atoms with Gasteiger partial charge in [0.05, 0.1) is 0 Å². The Morgan fingerprint density at radius 3 is 2.62 bits per heavy atom. The zero-order valence-corrected chi connectivity index (χ0v) is 14.4. The van der Waals surface area contributed by atoms with Crippen LogP contribution in [0.4, 0.5) is 5.69 Å². The Kier molecular flexibility index (Phi) is 5.38. The second-order valence-electron chi connectivity index (χ2n) is 6.71. The minimum Gasteiger partial charge on any atom is -0.484 e. The van der Waals surface area contributed by atoms with E-state index in [2.05, 4.69) is 6.92 Å². The first-order chi connectivity index (χ1) is 11.7. The van der Waals surface area contributed by atoms with Crippen molar-refractivity contribution in [3.8, 4) is 5.75 Å². The van der Waals surface area contributed by atoms with E-state index in [1.807, 2.05) is 29.2 Å². The van der Waals surface area contributed by atoms with Crippen molar-refractivity contribution in [3.05, 3.63) is 24.3 Å². The minimum absolute atomic E-state index is 0.0579. The van der Waals surface area contributed by atoms with E-state index in [0.29, 0.717) is 18.1 Å². The monoisotopic (exact) mass is 330 g/mol. The molecule has 1 aromatic carbocycles.